The molecule has 0 bridgehead atoms. The van der Waals surface area contributed by atoms with E-state index in [1.54, 1.807) is 25.2 Å². The maximum absolute atomic E-state index is 12.8. The summed E-state index contributed by atoms with van der Waals surface area (Å²) < 4.78 is 16.1. The van der Waals surface area contributed by atoms with Gasteiger partial charge in [-0.25, -0.2) is 0 Å². The molecule has 23 heavy (non-hydrogen) atoms. The fraction of sp³-hybridized carbons (Fsp3) is 0.562. The number of rotatable bonds is 7. The van der Waals surface area contributed by atoms with Crippen molar-refractivity contribution in [3.63, 3.8) is 0 Å². The molecule has 0 aliphatic carbocycles. The van der Waals surface area contributed by atoms with E-state index in [4.69, 9.17) is 19.9 Å². The van der Waals surface area contributed by atoms with E-state index in [0.29, 0.717) is 43.2 Å². The SMILES string of the molecule is COc1ccc(OCCCN)c(C(=O)N(C)[C@H]2COC[C@@H]2O)c1. The highest BCUT2D eigenvalue weighted by molar-refractivity contribution is 5.97. The van der Waals surface area contributed by atoms with Gasteiger partial charge in [0.05, 0.1) is 44.6 Å². The van der Waals surface area contributed by atoms with Crippen molar-refractivity contribution in [1.29, 1.82) is 0 Å². The molecule has 7 heteroatoms. The molecule has 1 heterocycles. The number of carbonyl (C=O) groups excluding carboxylic acids is 1. The van der Waals surface area contributed by atoms with Gasteiger partial charge in [0.15, 0.2) is 0 Å². The summed E-state index contributed by atoms with van der Waals surface area (Å²) in [6.07, 6.45) is 0.0150. The van der Waals surface area contributed by atoms with Crippen LogP contribution in [0.1, 0.15) is 16.8 Å². The van der Waals surface area contributed by atoms with Gasteiger partial charge in [-0.15, -0.1) is 0 Å². The molecule has 0 unspecified atom stereocenters. The third-order valence-corrected chi connectivity index (χ3v) is 3.86. The molecule has 128 valence electrons. The van der Waals surface area contributed by atoms with Crippen molar-refractivity contribution in [2.24, 2.45) is 5.73 Å². The Kier molecular flexibility index (Phi) is 6.20. The maximum Gasteiger partial charge on any atom is 0.257 e. The fourth-order valence-corrected chi connectivity index (χ4v) is 2.44. The topological polar surface area (TPSA) is 94.3 Å². The van der Waals surface area contributed by atoms with Gasteiger partial charge < -0.3 is 30.0 Å². The van der Waals surface area contributed by atoms with Crippen LogP contribution in [0.5, 0.6) is 11.5 Å². The number of aliphatic hydroxyl groups excluding tert-OH is 1. The zero-order chi connectivity index (χ0) is 16.8. The number of carbonyl (C=O) groups is 1. The van der Waals surface area contributed by atoms with E-state index >= 15 is 0 Å². The molecule has 2 rings (SSSR count). The highest BCUT2D eigenvalue weighted by atomic mass is 16.5. The molecule has 0 aromatic heterocycles. The van der Waals surface area contributed by atoms with Gasteiger partial charge in [-0.1, -0.05) is 0 Å². The van der Waals surface area contributed by atoms with Crippen LogP contribution in [-0.4, -0.2) is 68.6 Å². The summed E-state index contributed by atoms with van der Waals surface area (Å²) >= 11 is 0. The Morgan fingerprint density at radius 1 is 1.48 bits per heavy atom. The second-order valence-corrected chi connectivity index (χ2v) is 5.44. The van der Waals surface area contributed by atoms with Gasteiger partial charge in [0.1, 0.15) is 11.5 Å². The molecular weight excluding hydrogens is 300 g/mol. The molecule has 0 saturated carbocycles. The molecule has 1 amide bonds. The molecule has 3 N–H and O–H groups in total. The Labute approximate surface area is 135 Å². The van der Waals surface area contributed by atoms with Gasteiger partial charge in [-0.3, -0.25) is 4.79 Å². The molecule has 2 atom stereocenters. The van der Waals surface area contributed by atoms with Crippen LogP contribution in [0.3, 0.4) is 0 Å². The molecular formula is C16H24N2O5. The Balaban J connectivity index is 2.21. The van der Waals surface area contributed by atoms with Crippen LogP contribution in [0, 0.1) is 0 Å². The van der Waals surface area contributed by atoms with Crippen LogP contribution in [0.4, 0.5) is 0 Å². The minimum atomic E-state index is -0.684. The summed E-state index contributed by atoms with van der Waals surface area (Å²) in [6.45, 7) is 1.50. The molecule has 1 saturated heterocycles. The van der Waals surface area contributed by atoms with Crippen LogP contribution in [-0.2, 0) is 4.74 Å². The number of methoxy groups -OCH3 is 1. The summed E-state index contributed by atoms with van der Waals surface area (Å²) in [6, 6.07) is 4.71. The highest BCUT2D eigenvalue weighted by Crippen LogP contribution is 2.27. The summed E-state index contributed by atoms with van der Waals surface area (Å²) in [5.41, 5.74) is 5.86. The first-order valence-corrected chi connectivity index (χ1v) is 7.62. The Hall–Kier alpha value is -1.83. The van der Waals surface area contributed by atoms with Gasteiger partial charge in [-0.2, -0.15) is 0 Å². The van der Waals surface area contributed by atoms with Crippen molar-refractivity contribution in [3.05, 3.63) is 23.8 Å². The van der Waals surface area contributed by atoms with Crippen molar-refractivity contribution in [2.45, 2.75) is 18.6 Å². The second kappa shape index (κ2) is 8.14. The first-order chi connectivity index (χ1) is 11.1. The lowest BCUT2D eigenvalue weighted by atomic mass is 10.1. The van der Waals surface area contributed by atoms with Crippen LogP contribution < -0.4 is 15.2 Å². The zero-order valence-electron chi connectivity index (χ0n) is 13.5. The number of nitrogens with two attached hydrogens (primary N) is 1. The normalized spacial score (nSPS) is 20.3. The number of ether oxygens (including phenoxy) is 3. The number of aliphatic hydroxyl groups is 1. The van der Waals surface area contributed by atoms with Gasteiger partial charge in [0, 0.05) is 7.05 Å². The molecule has 1 aliphatic rings. The lowest BCUT2D eigenvalue weighted by molar-refractivity contribution is 0.0577. The average molecular weight is 324 g/mol. The van der Waals surface area contributed by atoms with Crippen molar-refractivity contribution in [3.8, 4) is 11.5 Å². The summed E-state index contributed by atoms with van der Waals surface area (Å²) in [5.74, 6) is 0.793. The second-order valence-electron chi connectivity index (χ2n) is 5.44. The molecule has 0 radical (unpaired) electrons. The Bertz CT molecular complexity index is 537. The molecule has 1 aromatic rings. The largest absolute Gasteiger partial charge is 0.497 e. The van der Waals surface area contributed by atoms with E-state index in [0.717, 1.165) is 0 Å². The highest BCUT2D eigenvalue weighted by Gasteiger charge is 2.33. The van der Waals surface area contributed by atoms with Crippen molar-refractivity contribution >= 4 is 5.91 Å². The third kappa shape index (κ3) is 4.13. The summed E-state index contributed by atoms with van der Waals surface area (Å²) in [4.78, 5) is 14.3. The number of likely N-dealkylation sites (N-methyl/N-ethyl adjacent to an activating group) is 1. The summed E-state index contributed by atoms with van der Waals surface area (Å²) in [7, 11) is 3.19. The zero-order valence-corrected chi connectivity index (χ0v) is 13.5. The minimum absolute atomic E-state index is 0.236. The average Bonchev–Trinajstić information content (AvgIpc) is 3.00. The Morgan fingerprint density at radius 2 is 2.26 bits per heavy atom. The fourth-order valence-electron chi connectivity index (χ4n) is 2.44. The summed E-state index contributed by atoms with van der Waals surface area (Å²) in [5, 5.41) is 9.91. The van der Waals surface area contributed by atoms with Crippen LogP contribution >= 0.6 is 0 Å². The van der Waals surface area contributed by atoms with Crippen molar-refractivity contribution < 1.29 is 24.1 Å². The van der Waals surface area contributed by atoms with E-state index in [2.05, 4.69) is 0 Å². The lowest BCUT2D eigenvalue weighted by Gasteiger charge is -2.26. The number of amides is 1. The van der Waals surface area contributed by atoms with Gasteiger partial charge in [0.25, 0.3) is 5.91 Å². The van der Waals surface area contributed by atoms with Crippen LogP contribution in [0.25, 0.3) is 0 Å². The van der Waals surface area contributed by atoms with E-state index in [9.17, 15) is 9.90 Å². The molecule has 1 aromatic carbocycles. The smallest absolute Gasteiger partial charge is 0.257 e. The van der Waals surface area contributed by atoms with Gasteiger partial charge in [0.2, 0.25) is 0 Å². The lowest BCUT2D eigenvalue weighted by Crippen LogP contribution is -2.44. The standard InChI is InChI=1S/C16H24N2O5/c1-18(13-9-22-10-14(13)19)16(20)12-8-11(21-2)4-5-15(12)23-7-3-6-17/h4-5,8,13-14,19H,3,6-7,9-10,17H2,1-2H3/t13-,14-/m0/s1. The molecule has 0 spiro atoms. The number of hydrogen-bond acceptors (Lipinski definition) is 6. The maximum atomic E-state index is 12.8. The molecule has 1 fully saturated rings. The van der Waals surface area contributed by atoms with E-state index in [1.807, 2.05) is 0 Å². The Morgan fingerprint density at radius 3 is 2.87 bits per heavy atom. The predicted molar refractivity (Wildman–Crippen MR) is 84.9 cm³/mol. The van der Waals surface area contributed by atoms with Crippen LogP contribution in [0.2, 0.25) is 0 Å². The van der Waals surface area contributed by atoms with Crippen molar-refractivity contribution in [2.75, 3.05) is 40.5 Å². The number of benzene rings is 1. The minimum Gasteiger partial charge on any atom is -0.497 e. The van der Waals surface area contributed by atoms with Gasteiger partial charge >= 0.3 is 0 Å². The molecule has 1 aliphatic heterocycles. The van der Waals surface area contributed by atoms with E-state index in [1.165, 1.54) is 12.0 Å². The molecule has 7 nitrogen and oxygen atoms in total. The third-order valence-electron chi connectivity index (χ3n) is 3.86. The quantitative estimate of drug-likeness (QED) is 0.699. The van der Waals surface area contributed by atoms with Crippen LogP contribution in [0.15, 0.2) is 18.2 Å². The first kappa shape index (κ1) is 17.5. The monoisotopic (exact) mass is 324 g/mol. The van der Waals surface area contributed by atoms with Crippen molar-refractivity contribution in [1.82, 2.24) is 4.90 Å². The number of nitrogens with zero attached hydrogens (tertiary/aromatic N) is 1. The van der Waals surface area contributed by atoms with Gasteiger partial charge in [-0.05, 0) is 31.2 Å². The number of hydrogen-bond donors (Lipinski definition) is 2. The predicted octanol–water partition coefficient (Wildman–Crippen LogP) is 0.255. The van der Waals surface area contributed by atoms with E-state index < -0.39 is 6.10 Å². The first-order valence-electron chi connectivity index (χ1n) is 7.62. The van der Waals surface area contributed by atoms with E-state index in [-0.39, 0.29) is 18.6 Å².